The van der Waals surface area contributed by atoms with E-state index < -0.39 is 30.3 Å². The minimum Gasteiger partial charge on any atom is -0.460 e. The number of allylic oxidation sites excluding steroid dienone is 2. The molecular weight excluding hydrogens is 470 g/mol. The van der Waals surface area contributed by atoms with Gasteiger partial charge in [-0.15, -0.1) is 0 Å². The van der Waals surface area contributed by atoms with Gasteiger partial charge >= 0.3 is 11.9 Å². The van der Waals surface area contributed by atoms with Gasteiger partial charge < -0.3 is 13.9 Å². The molecule has 31 heavy (non-hydrogen) atoms. The largest absolute Gasteiger partial charge is 0.460 e. The minimum atomic E-state index is -0.743. The van der Waals surface area contributed by atoms with Crippen LogP contribution in [0.3, 0.4) is 0 Å². The number of nitrogens with zero attached hydrogens (tertiary/aromatic N) is 1. The van der Waals surface area contributed by atoms with Crippen molar-refractivity contribution in [2.24, 2.45) is 11.8 Å². The Morgan fingerprint density at radius 3 is 2.45 bits per heavy atom. The number of amides is 2. The number of hydrogen-bond acceptors (Lipinski definition) is 7. The van der Waals surface area contributed by atoms with Crippen LogP contribution < -0.4 is 0 Å². The van der Waals surface area contributed by atoms with Crippen molar-refractivity contribution in [2.45, 2.75) is 26.4 Å². The van der Waals surface area contributed by atoms with Gasteiger partial charge in [-0.2, -0.15) is 0 Å². The average molecular weight is 490 g/mol. The molecule has 0 spiro atoms. The van der Waals surface area contributed by atoms with Gasteiger partial charge in [0.05, 0.1) is 24.0 Å². The van der Waals surface area contributed by atoms with Crippen molar-refractivity contribution in [1.29, 1.82) is 0 Å². The zero-order chi connectivity index (χ0) is 22.1. The molecule has 0 N–H and O–H groups in total. The maximum atomic E-state index is 12.5. The van der Waals surface area contributed by atoms with E-state index in [-0.39, 0.29) is 30.8 Å². The standard InChI is InChI=1S/C22H20BrNO7/c1-2-29-22(28)19-16(15-9-12(23)7-8-17(15)31-19)11-30-18(25)10-24-20(26)13-5-3-4-6-14(13)21(24)27/h3-4,7-9,13-14H,2,5-6,10-11H2,1H3/t13-,14-/m0/s1. The molecule has 2 atom stereocenters. The van der Waals surface area contributed by atoms with Crippen molar-refractivity contribution in [3.63, 3.8) is 0 Å². The van der Waals surface area contributed by atoms with Gasteiger partial charge in [-0.25, -0.2) is 4.79 Å². The average Bonchev–Trinajstić information content (AvgIpc) is 3.23. The van der Waals surface area contributed by atoms with E-state index in [4.69, 9.17) is 13.9 Å². The molecule has 1 fully saturated rings. The summed E-state index contributed by atoms with van der Waals surface area (Å²) in [5.74, 6) is -2.96. The second-order valence-electron chi connectivity index (χ2n) is 7.35. The van der Waals surface area contributed by atoms with Crippen LogP contribution in [0.4, 0.5) is 0 Å². The van der Waals surface area contributed by atoms with Crippen molar-refractivity contribution < 1.29 is 33.1 Å². The number of ether oxygens (including phenoxy) is 2. The van der Waals surface area contributed by atoms with Gasteiger partial charge in [0.15, 0.2) is 0 Å². The van der Waals surface area contributed by atoms with Crippen LogP contribution in [0.2, 0.25) is 0 Å². The molecule has 1 aromatic carbocycles. The summed E-state index contributed by atoms with van der Waals surface area (Å²) in [6, 6.07) is 5.19. The number of furan rings is 1. The first-order chi connectivity index (χ1) is 14.9. The Labute approximate surface area is 186 Å². The van der Waals surface area contributed by atoms with Gasteiger partial charge in [0.2, 0.25) is 17.6 Å². The van der Waals surface area contributed by atoms with E-state index in [0.29, 0.717) is 29.4 Å². The lowest BCUT2D eigenvalue weighted by molar-refractivity contribution is -0.153. The normalized spacial score (nSPS) is 20.3. The lowest BCUT2D eigenvalue weighted by Gasteiger charge is -2.14. The molecule has 2 aliphatic rings. The van der Waals surface area contributed by atoms with Gasteiger partial charge in [0, 0.05) is 9.86 Å². The van der Waals surface area contributed by atoms with Gasteiger partial charge in [0.1, 0.15) is 18.7 Å². The van der Waals surface area contributed by atoms with E-state index >= 15 is 0 Å². The van der Waals surface area contributed by atoms with Gasteiger partial charge in [-0.1, -0.05) is 28.1 Å². The van der Waals surface area contributed by atoms with Gasteiger partial charge in [0.25, 0.3) is 0 Å². The highest BCUT2D eigenvalue weighted by Crippen LogP contribution is 2.35. The SMILES string of the molecule is CCOC(=O)c1oc2ccc(Br)cc2c1COC(=O)CN1C(=O)[C@H]2CC=CC[C@@H]2C1=O. The number of fused-ring (bicyclic) bond motifs is 2. The number of benzene rings is 1. The molecule has 1 aliphatic carbocycles. The molecule has 2 amide bonds. The van der Waals surface area contributed by atoms with Crippen molar-refractivity contribution in [1.82, 2.24) is 4.90 Å². The van der Waals surface area contributed by atoms with E-state index in [9.17, 15) is 19.2 Å². The molecule has 8 nitrogen and oxygen atoms in total. The molecule has 1 aliphatic heterocycles. The molecule has 162 valence electrons. The topological polar surface area (TPSA) is 103 Å². The number of likely N-dealkylation sites (tertiary alicyclic amines) is 1. The zero-order valence-electron chi connectivity index (χ0n) is 16.8. The summed E-state index contributed by atoms with van der Waals surface area (Å²) < 4.78 is 16.7. The maximum Gasteiger partial charge on any atom is 0.374 e. The summed E-state index contributed by atoms with van der Waals surface area (Å²) in [6.07, 6.45) is 4.76. The number of hydrogen-bond donors (Lipinski definition) is 0. The third kappa shape index (κ3) is 4.01. The van der Waals surface area contributed by atoms with Crippen LogP contribution in [0.25, 0.3) is 11.0 Å². The minimum absolute atomic E-state index is 0.0480. The van der Waals surface area contributed by atoms with Gasteiger partial charge in [-0.3, -0.25) is 19.3 Å². The van der Waals surface area contributed by atoms with Crippen LogP contribution in [-0.2, 0) is 30.5 Å². The third-order valence-corrected chi connectivity index (χ3v) is 5.97. The molecule has 2 aromatic rings. The Hall–Kier alpha value is -2.94. The van der Waals surface area contributed by atoms with Crippen LogP contribution >= 0.6 is 15.9 Å². The number of carbonyl (C=O) groups excluding carboxylic acids is 4. The molecule has 9 heteroatoms. The number of rotatable bonds is 6. The summed E-state index contributed by atoms with van der Waals surface area (Å²) in [7, 11) is 0. The Bertz CT molecular complexity index is 1080. The highest BCUT2D eigenvalue weighted by Gasteiger charge is 2.47. The molecule has 0 radical (unpaired) electrons. The van der Waals surface area contributed by atoms with Crippen LogP contribution in [0.15, 0.2) is 39.2 Å². The van der Waals surface area contributed by atoms with E-state index in [1.807, 2.05) is 12.2 Å². The fourth-order valence-electron chi connectivity index (χ4n) is 3.98. The van der Waals surface area contributed by atoms with Crippen molar-refractivity contribution in [3.8, 4) is 0 Å². The predicted molar refractivity (Wildman–Crippen MR) is 112 cm³/mol. The van der Waals surface area contributed by atoms with Crippen molar-refractivity contribution in [3.05, 3.63) is 46.1 Å². The highest BCUT2D eigenvalue weighted by molar-refractivity contribution is 9.10. The lowest BCUT2D eigenvalue weighted by atomic mass is 9.85. The highest BCUT2D eigenvalue weighted by atomic mass is 79.9. The Kier molecular flexibility index (Phi) is 5.95. The van der Waals surface area contributed by atoms with Crippen LogP contribution in [0, 0.1) is 11.8 Å². The van der Waals surface area contributed by atoms with E-state index in [0.717, 1.165) is 9.37 Å². The molecule has 0 unspecified atom stereocenters. The number of halogens is 1. The fourth-order valence-corrected chi connectivity index (χ4v) is 4.34. The first kappa shape index (κ1) is 21.3. The summed E-state index contributed by atoms with van der Waals surface area (Å²) in [6.45, 7) is 1.11. The first-order valence-electron chi connectivity index (χ1n) is 9.94. The molecule has 4 rings (SSSR count). The summed E-state index contributed by atoms with van der Waals surface area (Å²) in [5, 5.41) is 0.593. The lowest BCUT2D eigenvalue weighted by Crippen LogP contribution is -2.36. The van der Waals surface area contributed by atoms with E-state index in [2.05, 4.69) is 15.9 Å². The third-order valence-electron chi connectivity index (χ3n) is 5.48. The Balaban J connectivity index is 1.50. The number of imide groups is 1. The fraction of sp³-hybridized carbons (Fsp3) is 0.364. The number of carbonyl (C=O) groups is 4. The first-order valence-corrected chi connectivity index (χ1v) is 10.7. The second-order valence-corrected chi connectivity index (χ2v) is 8.27. The molecule has 1 saturated heterocycles. The second kappa shape index (κ2) is 8.66. The smallest absolute Gasteiger partial charge is 0.374 e. The van der Waals surface area contributed by atoms with Crippen LogP contribution in [-0.4, -0.2) is 41.8 Å². The molecule has 0 bridgehead atoms. The number of esters is 2. The summed E-state index contributed by atoms with van der Waals surface area (Å²) in [5.41, 5.74) is 0.804. The maximum absolute atomic E-state index is 12.5. The molecule has 0 saturated carbocycles. The molecule has 1 aromatic heterocycles. The van der Waals surface area contributed by atoms with E-state index in [1.165, 1.54) is 0 Å². The monoisotopic (exact) mass is 489 g/mol. The predicted octanol–water partition coefficient (Wildman–Crippen LogP) is 3.37. The quantitative estimate of drug-likeness (QED) is 0.348. The van der Waals surface area contributed by atoms with Crippen LogP contribution in [0.5, 0.6) is 0 Å². The Morgan fingerprint density at radius 2 is 1.81 bits per heavy atom. The van der Waals surface area contributed by atoms with Crippen molar-refractivity contribution >= 4 is 50.7 Å². The molecular formula is C22H20BrNO7. The zero-order valence-corrected chi connectivity index (χ0v) is 18.3. The Morgan fingerprint density at radius 1 is 1.13 bits per heavy atom. The molecule has 2 heterocycles. The summed E-state index contributed by atoms with van der Waals surface area (Å²) >= 11 is 3.37. The van der Waals surface area contributed by atoms with Gasteiger partial charge in [-0.05, 0) is 38.0 Å². The van der Waals surface area contributed by atoms with Crippen molar-refractivity contribution in [2.75, 3.05) is 13.2 Å². The van der Waals surface area contributed by atoms with E-state index in [1.54, 1.807) is 25.1 Å². The van der Waals surface area contributed by atoms with Crippen LogP contribution in [0.1, 0.15) is 35.9 Å². The summed E-state index contributed by atoms with van der Waals surface area (Å²) in [4.78, 5) is 50.8.